The van der Waals surface area contributed by atoms with Crippen LogP contribution in [-0.2, 0) is 6.42 Å². The lowest BCUT2D eigenvalue weighted by Crippen LogP contribution is -2.00. The molecule has 0 atom stereocenters. The topological polar surface area (TPSA) is 17.1 Å². The van der Waals surface area contributed by atoms with Crippen LogP contribution in [0, 0.1) is 6.92 Å². The number of rotatable bonds is 3. The number of ketones is 1. The fourth-order valence-electron chi connectivity index (χ4n) is 1.64. The molecule has 0 aliphatic heterocycles. The lowest BCUT2D eigenvalue weighted by Gasteiger charge is -2.03. The maximum absolute atomic E-state index is 12.3. The predicted molar refractivity (Wildman–Crippen MR) is 76.0 cm³/mol. The molecule has 2 aromatic rings. The molecular weight excluding hydrogens is 296 g/mol. The number of thiophene rings is 1. The average Bonchev–Trinajstić information content (AvgIpc) is 2.80. The summed E-state index contributed by atoms with van der Waals surface area (Å²) in [7, 11) is 0. The Hall–Kier alpha value is -0.930. The number of benzene rings is 1. The van der Waals surface area contributed by atoms with Gasteiger partial charge in [-0.1, -0.05) is 34.5 Å². The van der Waals surface area contributed by atoms with E-state index in [-0.39, 0.29) is 5.78 Å². The van der Waals surface area contributed by atoms with Crippen molar-refractivity contribution in [1.82, 2.24) is 0 Å². The maximum Gasteiger partial charge on any atom is 0.204 e. The summed E-state index contributed by atoms with van der Waals surface area (Å²) < 4.78 is 0.861. The molecule has 1 heterocycles. The average molecular weight is 309 g/mol. The van der Waals surface area contributed by atoms with E-state index in [0.717, 1.165) is 26.9 Å². The van der Waals surface area contributed by atoms with E-state index in [1.807, 2.05) is 37.3 Å². The van der Waals surface area contributed by atoms with Gasteiger partial charge in [0.05, 0.1) is 4.88 Å². The number of halogens is 1. The number of hydrogen-bond donors (Lipinski definition) is 0. The first kappa shape index (κ1) is 12.5. The molecule has 1 aromatic carbocycles. The molecule has 0 fully saturated rings. The second kappa shape index (κ2) is 5.15. The van der Waals surface area contributed by atoms with E-state index in [1.54, 1.807) is 11.3 Å². The van der Waals surface area contributed by atoms with Gasteiger partial charge in [0.15, 0.2) is 0 Å². The number of hydrogen-bond acceptors (Lipinski definition) is 2. The van der Waals surface area contributed by atoms with Gasteiger partial charge in [0.2, 0.25) is 5.78 Å². The highest BCUT2D eigenvalue weighted by atomic mass is 79.9. The Bertz CT molecular complexity index is 557. The van der Waals surface area contributed by atoms with Crippen molar-refractivity contribution in [3.05, 3.63) is 55.7 Å². The molecule has 3 heteroatoms. The van der Waals surface area contributed by atoms with Gasteiger partial charge in [-0.05, 0) is 37.6 Å². The largest absolute Gasteiger partial charge is 0.288 e. The minimum absolute atomic E-state index is 0.102. The maximum atomic E-state index is 12.3. The third kappa shape index (κ3) is 2.67. The van der Waals surface area contributed by atoms with Gasteiger partial charge in [-0.15, -0.1) is 11.3 Å². The van der Waals surface area contributed by atoms with Crippen LogP contribution in [-0.4, -0.2) is 5.78 Å². The predicted octanol–water partition coefficient (Wildman–Crippen LogP) is 4.61. The molecular formula is C14H13BrOS. The van der Waals surface area contributed by atoms with E-state index < -0.39 is 0 Å². The van der Waals surface area contributed by atoms with Gasteiger partial charge in [0.1, 0.15) is 0 Å². The van der Waals surface area contributed by atoms with Gasteiger partial charge >= 0.3 is 0 Å². The van der Waals surface area contributed by atoms with Crippen molar-refractivity contribution in [3.63, 3.8) is 0 Å². The molecule has 0 saturated heterocycles. The molecule has 0 radical (unpaired) electrons. The van der Waals surface area contributed by atoms with E-state index in [2.05, 4.69) is 22.9 Å². The quantitative estimate of drug-likeness (QED) is 0.757. The van der Waals surface area contributed by atoms with Gasteiger partial charge in [0, 0.05) is 14.9 Å². The van der Waals surface area contributed by atoms with Crippen molar-refractivity contribution in [3.8, 4) is 0 Å². The summed E-state index contributed by atoms with van der Waals surface area (Å²) in [5.41, 5.74) is 1.85. The van der Waals surface area contributed by atoms with Crippen LogP contribution in [0.1, 0.15) is 32.6 Å². The first-order valence-corrected chi connectivity index (χ1v) is 7.12. The fourth-order valence-corrected chi connectivity index (χ4v) is 2.96. The molecule has 1 nitrogen and oxygen atoms in total. The molecule has 2 rings (SSSR count). The smallest absolute Gasteiger partial charge is 0.204 e. The molecule has 17 heavy (non-hydrogen) atoms. The van der Waals surface area contributed by atoms with E-state index >= 15 is 0 Å². The Morgan fingerprint density at radius 1 is 1.29 bits per heavy atom. The first-order valence-electron chi connectivity index (χ1n) is 5.51. The van der Waals surface area contributed by atoms with Crippen molar-refractivity contribution in [2.24, 2.45) is 0 Å². The molecule has 1 aromatic heterocycles. The number of carbonyl (C=O) groups is 1. The second-order valence-electron chi connectivity index (χ2n) is 3.93. The molecule has 0 aliphatic rings. The zero-order valence-corrected chi connectivity index (χ0v) is 12.2. The minimum atomic E-state index is 0.102. The molecule has 0 unspecified atom stereocenters. The van der Waals surface area contributed by atoms with Gasteiger partial charge in [-0.3, -0.25) is 4.79 Å². The van der Waals surface area contributed by atoms with Crippen LogP contribution in [0.5, 0.6) is 0 Å². The van der Waals surface area contributed by atoms with E-state index in [1.165, 1.54) is 4.88 Å². The van der Waals surface area contributed by atoms with Gasteiger partial charge in [-0.2, -0.15) is 0 Å². The molecule has 0 amide bonds. The standard InChI is InChI=1S/C14H13BrOS/c1-3-10-5-7-13(17-10)14(16)11-8-9(2)4-6-12(11)15/h4-8H,3H2,1-2H3. The fraction of sp³-hybridized carbons (Fsp3) is 0.214. The molecule has 0 saturated carbocycles. The van der Waals surface area contributed by atoms with Crippen molar-refractivity contribution in [2.45, 2.75) is 20.3 Å². The second-order valence-corrected chi connectivity index (χ2v) is 5.95. The van der Waals surface area contributed by atoms with Crippen LogP contribution in [0.25, 0.3) is 0 Å². The molecule has 0 aliphatic carbocycles. The van der Waals surface area contributed by atoms with Crippen molar-refractivity contribution < 1.29 is 4.79 Å². The molecule has 0 spiro atoms. The highest BCUT2D eigenvalue weighted by Gasteiger charge is 2.14. The van der Waals surface area contributed by atoms with Crippen LogP contribution >= 0.6 is 27.3 Å². The van der Waals surface area contributed by atoms with Gasteiger partial charge < -0.3 is 0 Å². The Kier molecular flexibility index (Phi) is 3.79. The molecule has 88 valence electrons. The summed E-state index contributed by atoms with van der Waals surface area (Å²) >= 11 is 5.02. The first-order chi connectivity index (χ1) is 8.11. The lowest BCUT2D eigenvalue weighted by atomic mass is 10.1. The summed E-state index contributed by atoms with van der Waals surface area (Å²) in [6.07, 6.45) is 0.979. The van der Waals surface area contributed by atoms with Crippen LogP contribution in [0.15, 0.2) is 34.8 Å². The van der Waals surface area contributed by atoms with Crippen molar-refractivity contribution in [1.29, 1.82) is 0 Å². The number of carbonyl (C=O) groups excluding carboxylic acids is 1. The van der Waals surface area contributed by atoms with Crippen LogP contribution < -0.4 is 0 Å². The zero-order valence-electron chi connectivity index (χ0n) is 9.79. The van der Waals surface area contributed by atoms with Crippen molar-refractivity contribution in [2.75, 3.05) is 0 Å². The van der Waals surface area contributed by atoms with E-state index in [4.69, 9.17) is 0 Å². The minimum Gasteiger partial charge on any atom is -0.288 e. The van der Waals surface area contributed by atoms with Gasteiger partial charge in [0.25, 0.3) is 0 Å². The highest BCUT2D eigenvalue weighted by Crippen LogP contribution is 2.25. The van der Waals surface area contributed by atoms with E-state index in [9.17, 15) is 4.79 Å². The van der Waals surface area contributed by atoms with Crippen LogP contribution in [0.2, 0.25) is 0 Å². The Labute approximate surface area is 114 Å². The van der Waals surface area contributed by atoms with E-state index in [0.29, 0.717) is 0 Å². The summed E-state index contributed by atoms with van der Waals surface area (Å²) in [5.74, 6) is 0.102. The van der Waals surface area contributed by atoms with Crippen molar-refractivity contribution >= 4 is 33.0 Å². The van der Waals surface area contributed by atoms with Crippen LogP contribution in [0.3, 0.4) is 0 Å². The zero-order chi connectivity index (χ0) is 12.4. The third-order valence-electron chi connectivity index (χ3n) is 2.60. The Balaban J connectivity index is 2.39. The Morgan fingerprint density at radius 2 is 2.06 bits per heavy atom. The SMILES string of the molecule is CCc1ccc(C(=O)c2cc(C)ccc2Br)s1. The van der Waals surface area contributed by atoms with Crippen LogP contribution in [0.4, 0.5) is 0 Å². The highest BCUT2D eigenvalue weighted by molar-refractivity contribution is 9.10. The summed E-state index contributed by atoms with van der Waals surface area (Å²) in [4.78, 5) is 14.4. The summed E-state index contributed by atoms with van der Waals surface area (Å²) in [6.45, 7) is 4.10. The summed E-state index contributed by atoms with van der Waals surface area (Å²) in [6, 6.07) is 9.80. The molecule has 0 N–H and O–H groups in total. The third-order valence-corrected chi connectivity index (χ3v) is 4.52. The normalized spacial score (nSPS) is 10.5. The summed E-state index contributed by atoms with van der Waals surface area (Å²) in [5, 5.41) is 0. The lowest BCUT2D eigenvalue weighted by molar-refractivity contribution is 0.104. The molecule has 0 bridgehead atoms. The van der Waals surface area contributed by atoms with Gasteiger partial charge in [-0.25, -0.2) is 0 Å². The number of aryl methyl sites for hydroxylation is 2. The monoisotopic (exact) mass is 308 g/mol. The Morgan fingerprint density at radius 3 is 2.71 bits per heavy atom.